The Kier molecular flexibility index (Phi) is 5.33. The Morgan fingerprint density at radius 1 is 1.13 bits per heavy atom. The fraction of sp³-hybridized carbons (Fsp3) is 0.867. The van der Waals surface area contributed by atoms with Crippen molar-refractivity contribution in [1.82, 2.24) is 23.8 Å². The van der Waals surface area contributed by atoms with Crippen LogP contribution in [0.5, 0.6) is 0 Å². The fourth-order valence-electron chi connectivity index (χ4n) is 3.57. The van der Waals surface area contributed by atoms with Crippen molar-refractivity contribution >= 4 is 10.2 Å². The van der Waals surface area contributed by atoms with Crippen molar-refractivity contribution < 1.29 is 8.42 Å². The van der Waals surface area contributed by atoms with Crippen molar-refractivity contribution in [2.45, 2.75) is 76.9 Å². The van der Waals surface area contributed by atoms with Crippen LogP contribution in [-0.2, 0) is 29.7 Å². The number of hydrogen-bond acceptors (Lipinski definition) is 4. The maximum atomic E-state index is 12.5. The lowest BCUT2D eigenvalue weighted by atomic mass is 9.96. The molecule has 1 N–H and O–H groups in total. The first kappa shape index (κ1) is 16.9. The van der Waals surface area contributed by atoms with E-state index in [-0.39, 0.29) is 12.6 Å². The standard InChI is InChI=1S/C15H27N5O2S/c1-19(13-8-4-2-5-9-13)23(21,22)16-12-15-18-17-14-10-6-3-7-11-20(14)15/h13,16H,2-12H2,1H3. The summed E-state index contributed by atoms with van der Waals surface area (Å²) < 4.78 is 31.3. The Bertz CT molecular complexity index is 622. The Balaban J connectivity index is 1.64. The number of nitrogens with one attached hydrogen (secondary N) is 1. The molecule has 0 radical (unpaired) electrons. The molecule has 1 saturated carbocycles. The minimum Gasteiger partial charge on any atom is -0.314 e. The second-order valence-corrected chi connectivity index (χ2v) is 8.44. The van der Waals surface area contributed by atoms with Crippen molar-refractivity contribution in [3.8, 4) is 0 Å². The zero-order valence-electron chi connectivity index (χ0n) is 13.9. The van der Waals surface area contributed by atoms with Gasteiger partial charge in [-0.2, -0.15) is 17.4 Å². The van der Waals surface area contributed by atoms with Gasteiger partial charge in [0.05, 0.1) is 6.54 Å². The Hall–Kier alpha value is -0.990. The largest absolute Gasteiger partial charge is 0.314 e. The molecule has 0 atom stereocenters. The molecule has 0 aromatic carbocycles. The van der Waals surface area contributed by atoms with Crippen LogP contribution < -0.4 is 4.72 Å². The molecule has 1 fully saturated rings. The molecule has 2 aliphatic rings. The molecule has 0 bridgehead atoms. The fourth-order valence-corrected chi connectivity index (χ4v) is 4.69. The first-order valence-electron chi connectivity index (χ1n) is 8.71. The van der Waals surface area contributed by atoms with Crippen molar-refractivity contribution in [2.75, 3.05) is 7.05 Å². The lowest BCUT2D eigenvalue weighted by Gasteiger charge is -2.30. The van der Waals surface area contributed by atoms with Gasteiger partial charge in [0, 0.05) is 26.1 Å². The summed E-state index contributed by atoms with van der Waals surface area (Å²) in [5, 5.41) is 8.40. The number of aromatic nitrogens is 3. The number of fused-ring (bicyclic) bond motifs is 1. The maximum absolute atomic E-state index is 12.5. The third kappa shape index (κ3) is 3.92. The lowest BCUT2D eigenvalue weighted by Crippen LogP contribution is -2.44. The monoisotopic (exact) mass is 341 g/mol. The van der Waals surface area contributed by atoms with Gasteiger partial charge in [0.15, 0.2) is 0 Å². The second-order valence-electron chi connectivity index (χ2n) is 6.63. The van der Waals surface area contributed by atoms with E-state index >= 15 is 0 Å². The van der Waals surface area contributed by atoms with Gasteiger partial charge in [-0.05, 0) is 25.7 Å². The van der Waals surface area contributed by atoms with Crippen LogP contribution in [0, 0.1) is 0 Å². The Morgan fingerprint density at radius 3 is 2.65 bits per heavy atom. The number of hydrogen-bond donors (Lipinski definition) is 1. The van der Waals surface area contributed by atoms with Gasteiger partial charge in [0.2, 0.25) is 0 Å². The molecule has 23 heavy (non-hydrogen) atoms. The minimum atomic E-state index is -3.47. The van der Waals surface area contributed by atoms with Gasteiger partial charge in [-0.1, -0.05) is 25.7 Å². The van der Waals surface area contributed by atoms with Gasteiger partial charge in [0.25, 0.3) is 10.2 Å². The number of aryl methyl sites for hydroxylation is 1. The summed E-state index contributed by atoms with van der Waals surface area (Å²) in [6.45, 7) is 1.10. The molecule has 1 aliphatic heterocycles. The Morgan fingerprint density at radius 2 is 1.87 bits per heavy atom. The zero-order valence-corrected chi connectivity index (χ0v) is 14.7. The van der Waals surface area contributed by atoms with Crippen LogP contribution >= 0.6 is 0 Å². The third-order valence-corrected chi connectivity index (χ3v) is 6.63. The summed E-state index contributed by atoms with van der Waals surface area (Å²) in [5.41, 5.74) is 0. The smallest absolute Gasteiger partial charge is 0.279 e. The molecular weight excluding hydrogens is 314 g/mol. The molecule has 0 saturated heterocycles. The zero-order chi connectivity index (χ0) is 16.3. The van der Waals surface area contributed by atoms with E-state index in [4.69, 9.17) is 0 Å². The average Bonchev–Trinajstić information content (AvgIpc) is 2.79. The van der Waals surface area contributed by atoms with Crippen LogP contribution in [0.4, 0.5) is 0 Å². The first-order valence-corrected chi connectivity index (χ1v) is 10.2. The molecule has 130 valence electrons. The molecule has 0 unspecified atom stereocenters. The van der Waals surface area contributed by atoms with Crippen molar-refractivity contribution in [1.29, 1.82) is 0 Å². The first-order chi connectivity index (χ1) is 11.1. The molecule has 1 aliphatic carbocycles. The molecular formula is C15H27N5O2S. The van der Waals surface area contributed by atoms with Gasteiger partial charge >= 0.3 is 0 Å². The van der Waals surface area contributed by atoms with E-state index in [1.54, 1.807) is 7.05 Å². The minimum absolute atomic E-state index is 0.122. The van der Waals surface area contributed by atoms with Crippen LogP contribution in [-0.4, -0.2) is 40.6 Å². The van der Waals surface area contributed by atoms with Crippen molar-refractivity contribution in [3.05, 3.63) is 11.6 Å². The predicted molar refractivity (Wildman–Crippen MR) is 88.0 cm³/mol. The molecule has 1 aromatic rings. The van der Waals surface area contributed by atoms with Gasteiger partial charge in [-0.3, -0.25) is 0 Å². The third-order valence-electron chi connectivity index (χ3n) is 5.07. The SMILES string of the molecule is CN(C1CCCCC1)S(=O)(=O)NCc1nnc2n1CCCCC2. The lowest BCUT2D eigenvalue weighted by molar-refractivity contribution is 0.282. The average molecular weight is 341 g/mol. The van der Waals surface area contributed by atoms with E-state index < -0.39 is 10.2 Å². The van der Waals surface area contributed by atoms with E-state index in [1.165, 1.54) is 17.1 Å². The highest BCUT2D eigenvalue weighted by Gasteiger charge is 2.27. The predicted octanol–water partition coefficient (Wildman–Crippen LogP) is 1.60. The van der Waals surface area contributed by atoms with E-state index in [2.05, 4.69) is 19.5 Å². The summed E-state index contributed by atoms with van der Waals surface area (Å²) in [6.07, 6.45) is 9.71. The van der Waals surface area contributed by atoms with Crippen LogP contribution in [0.25, 0.3) is 0 Å². The van der Waals surface area contributed by atoms with Gasteiger partial charge < -0.3 is 4.57 Å². The van der Waals surface area contributed by atoms with Gasteiger partial charge in [0.1, 0.15) is 11.6 Å². The molecule has 0 spiro atoms. The van der Waals surface area contributed by atoms with Crippen LogP contribution in [0.3, 0.4) is 0 Å². The highest BCUT2D eigenvalue weighted by Crippen LogP contribution is 2.23. The second kappa shape index (κ2) is 7.27. The van der Waals surface area contributed by atoms with E-state index in [0.717, 1.165) is 63.1 Å². The van der Waals surface area contributed by atoms with Crippen molar-refractivity contribution in [2.24, 2.45) is 0 Å². The van der Waals surface area contributed by atoms with E-state index in [9.17, 15) is 8.42 Å². The normalized spacial score (nSPS) is 20.4. The maximum Gasteiger partial charge on any atom is 0.279 e. The summed E-state index contributed by atoms with van der Waals surface area (Å²) in [5.74, 6) is 1.71. The molecule has 0 amide bonds. The van der Waals surface area contributed by atoms with E-state index in [0.29, 0.717) is 0 Å². The summed E-state index contributed by atoms with van der Waals surface area (Å²) in [4.78, 5) is 0. The van der Waals surface area contributed by atoms with E-state index in [1.807, 2.05) is 0 Å². The molecule has 3 rings (SSSR count). The quantitative estimate of drug-likeness (QED) is 0.882. The molecule has 8 heteroatoms. The Labute approximate surface area is 138 Å². The summed E-state index contributed by atoms with van der Waals surface area (Å²) >= 11 is 0. The number of nitrogens with zero attached hydrogens (tertiary/aromatic N) is 4. The van der Waals surface area contributed by atoms with Gasteiger partial charge in [-0.25, -0.2) is 0 Å². The van der Waals surface area contributed by atoms with Crippen molar-refractivity contribution in [3.63, 3.8) is 0 Å². The van der Waals surface area contributed by atoms with Crippen LogP contribution in [0.2, 0.25) is 0 Å². The summed E-state index contributed by atoms with van der Waals surface area (Å²) in [6, 6.07) is 0.122. The topological polar surface area (TPSA) is 80.1 Å². The summed E-state index contributed by atoms with van der Waals surface area (Å²) in [7, 11) is -1.79. The van der Waals surface area contributed by atoms with Crippen LogP contribution in [0.1, 0.15) is 63.0 Å². The molecule has 7 nitrogen and oxygen atoms in total. The molecule has 1 aromatic heterocycles. The number of rotatable bonds is 5. The highest BCUT2D eigenvalue weighted by atomic mass is 32.2. The van der Waals surface area contributed by atoms with Gasteiger partial charge in [-0.15, -0.1) is 10.2 Å². The molecule has 2 heterocycles. The highest BCUT2D eigenvalue weighted by molar-refractivity contribution is 7.87. The van der Waals surface area contributed by atoms with Crippen LogP contribution in [0.15, 0.2) is 0 Å².